The van der Waals surface area contributed by atoms with E-state index in [0.717, 1.165) is 10.9 Å². The van der Waals surface area contributed by atoms with Crippen LogP contribution in [0.15, 0.2) is 54.2 Å². The Bertz CT molecular complexity index is 1180. The number of nitrogens with zero attached hydrogens (tertiary/aromatic N) is 2. The standard InChI is InChI=1S/C21H15Cl2N3O3/c1-29-19(27)12-26-11-14(15-5-2-3-8-18(15)26)9-13(10-24)21(28)25-17-7-4-6-16(22)20(17)23/h2-9,11H,12H2,1H3,(H,25,28)/b13-9-. The molecule has 6 nitrogen and oxygen atoms in total. The van der Waals surface area contributed by atoms with Crippen LogP contribution in [0.3, 0.4) is 0 Å². The number of fused-ring (bicyclic) bond motifs is 1. The van der Waals surface area contributed by atoms with Crippen molar-refractivity contribution in [1.29, 1.82) is 5.26 Å². The van der Waals surface area contributed by atoms with Crippen molar-refractivity contribution in [2.24, 2.45) is 0 Å². The Morgan fingerprint density at radius 2 is 1.97 bits per heavy atom. The number of amides is 1. The molecule has 3 rings (SSSR count). The van der Waals surface area contributed by atoms with Crippen LogP contribution in [0, 0.1) is 11.3 Å². The number of benzene rings is 2. The minimum absolute atomic E-state index is 0.0110. The van der Waals surface area contributed by atoms with Crippen LogP contribution in [-0.2, 0) is 20.9 Å². The molecule has 1 N–H and O–H groups in total. The highest BCUT2D eigenvalue weighted by Crippen LogP contribution is 2.30. The first-order chi connectivity index (χ1) is 13.9. The zero-order valence-electron chi connectivity index (χ0n) is 15.3. The van der Waals surface area contributed by atoms with Crippen LogP contribution < -0.4 is 5.32 Å². The van der Waals surface area contributed by atoms with E-state index in [1.807, 2.05) is 30.3 Å². The van der Waals surface area contributed by atoms with Gasteiger partial charge in [-0.1, -0.05) is 47.5 Å². The highest BCUT2D eigenvalue weighted by Gasteiger charge is 2.15. The second kappa shape index (κ2) is 8.82. The maximum absolute atomic E-state index is 12.6. The van der Waals surface area contributed by atoms with Crippen molar-refractivity contribution in [3.63, 3.8) is 0 Å². The minimum Gasteiger partial charge on any atom is -0.468 e. The molecule has 8 heteroatoms. The lowest BCUT2D eigenvalue weighted by Crippen LogP contribution is -2.13. The Morgan fingerprint density at radius 3 is 2.69 bits per heavy atom. The molecule has 1 amide bonds. The Morgan fingerprint density at radius 1 is 1.21 bits per heavy atom. The van der Waals surface area contributed by atoms with Crippen molar-refractivity contribution < 1.29 is 14.3 Å². The van der Waals surface area contributed by atoms with Crippen LogP contribution in [0.5, 0.6) is 0 Å². The first-order valence-electron chi connectivity index (χ1n) is 8.46. The molecule has 0 aliphatic heterocycles. The number of nitriles is 1. The summed E-state index contributed by atoms with van der Waals surface area (Å²) < 4.78 is 6.43. The van der Waals surface area contributed by atoms with Gasteiger partial charge < -0.3 is 14.6 Å². The van der Waals surface area contributed by atoms with Crippen LogP contribution >= 0.6 is 23.2 Å². The Balaban J connectivity index is 1.98. The van der Waals surface area contributed by atoms with Crippen LogP contribution in [0.4, 0.5) is 5.69 Å². The normalized spacial score (nSPS) is 11.2. The Labute approximate surface area is 176 Å². The average molecular weight is 428 g/mol. The number of rotatable bonds is 5. The Kier molecular flexibility index (Phi) is 6.23. The van der Waals surface area contributed by atoms with Crippen molar-refractivity contribution in [3.05, 3.63) is 69.8 Å². The van der Waals surface area contributed by atoms with Crippen LogP contribution in [0.2, 0.25) is 10.0 Å². The molecule has 0 bridgehead atoms. The third kappa shape index (κ3) is 4.43. The summed E-state index contributed by atoms with van der Waals surface area (Å²) in [6.45, 7) is 0.0110. The topological polar surface area (TPSA) is 84.1 Å². The van der Waals surface area contributed by atoms with Gasteiger partial charge in [0.15, 0.2) is 0 Å². The summed E-state index contributed by atoms with van der Waals surface area (Å²) >= 11 is 12.1. The maximum atomic E-state index is 12.6. The van der Waals surface area contributed by atoms with E-state index < -0.39 is 11.9 Å². The molecular formula is C21H15Cl2N3O3. The summed E-state index contributed by atoms with van der Waals surface area (Å²) in [5.41, 5.74) is 1.58. The van der Waals surface area contributed by atoms with Gasteiger partial charge in [-0.3, -0.25) is 9.59 Å². The number of hydrogen-bond acceptors (Lipinski definition) is 4. The summed E-state index contributed by atoms with van der Waals surface area (Å²) in [7, 11) is 1.31. The molecule has 1 aromatic heterocycles. The molecular weight excluding hydrogens is 413 g/mol. The zero-order chi connectivity index (χ0) is 21.0. The van der Waals surface area contributed by atoms with E-state index in [9.17, 15) is 14.9 Å². The van der Waals surface area contributed by atoms with Gasteiger partial charge in [-0.2, -0.15) is 5.26 Å². The smallest absolute Gasteiger partial charge is 0.325 e. The third-order valence-corrected chi connectivity index (χ3v) is 5.03. The molecule has 0 spiro atoms. The second-order valence-electron chi connectivity index (χ2n) is 6.03. The maximum Gasteiger partial charge on any atom is 0.325 e. The lowest BCUT2D eigenvalue weighted by Gasteiger charge is -2.07. The van der Waals surface area contributed by atoms with Crippen molar-refractivity contribution in [3.8, 4) is 6.07 Å². The van der Waals surface area contributed by atoms with Crippen molar-refractivity contribution >= 4 is 57.7 Å². The fourth-order valence-corrected chi connectivity index (χ4v) is 3.17. The van der Waals surface area contributed by atoms with Gasteiger partial charge in [0.25, 0.3) is 5.91 Å². The largest absolute Gasteiger partial charge is 0.468 e. The fraction of sp³-hybridized carbons (Fsp3) is 0.0952. The molecule has 0 fully saturated rings. The molecule has 0 unspecified atom stereocenters. The zero-order valence-corrected chi connectivity index (χ0v) is 16.8. The van der Waals surface area contributed by atoms with E-state index in [4.69, 9.17) is 27.9 Å². The van der Waals surface area contributed by atoms with E-state index >= 15 is 0 Å². The monoisotopic (exact) mass is 427 g/mol. The minimum atomic E-state index is -0.624. The molecule has 0 saturated heterocycles. The number of carbonyl (C=O) groups is 2. The summed E-state index contributed by atoms with van der Waals surface area (Å²) in [4.78, 5) is 24.3. The van der Waals surface area contributed by atoms with E-state index in [0.29, 0.717) is 11.3 Å². The number of nitrogens with one attached hydrogen (secondary N) is 1. The van der Waals surface area contributed by atoms with Gasteiger partial charge in [0.05, 0.1) is 22.8 Å². The number of methoxy groups -OCH3 is 1. The van der Waals surface area contributed by atoms with Gasteiger partial charge >= 0.3 is 5.97 Å². The lowest BCUT2D eigenvalue weighted by molar-refractivity contribution is -0.141. The number of halogens is 2. The number of carbonyl (C=O) groups excluding carboxylic acids is 2. The molecule has 2 aromatic carbocycles. The lowest BCUT2D eigenvalue weighted by atomic mass is 10.1. The molecule has 3 aromatic rings. The van der Waals surface area contributed by atoms with Gasteiger partial charge in [-0.05, 0) is 24.3 Å². The summed E-state index contributed by atoms with van der Waals surface area (Å²) in [6.07, 6.45) is 3.16. The molecule has 0 atom stereocenters. The molecule has 0 radical (unpaired) electrons. The molecule has 146 valence electrons. The predicted octanol–water partition coefficient (Wildman–Crippen LogP) is 4.67. The molecule has 0 aliphatic rings. The number of ether oxygens (including phenoxy) is 1. The first-order valence-corrected chi connectivity index (χ1v) is 9.22. The number of para-hydroxylation sites is 1. The number of aromatic nitrogens is 1. The van der Waals surface area contributed by atoms with E-state index in [1.165, 1.54) is 13.2 Å². The predicted molar refractivity (Wildman–Crippen MR) is 113 cm³/mol. The summed E-state index contributed by atoms with van der Waals surface area (Å²) in [5.74, 6) is -1.03. The summed E-state index contributed by atoms with van der Waals surface area (Å²) in [6, 6.07) is 14.1. The molecule has 0 aliphatic carbocycles. The molecule has 0 saturated carbocycles. The van der Waals surface area contributed by atoms with Gasteiger partial charge in [-0.15, -0.1) is 0 Å². The average Bonchev–Trinajstić information content (AvgIpc) is 3.06. The second-order valence-corrected chi connectivity index (χ2v) is 6.82. The first kappa shape index (κ1) is 20.5. The van der Waals surface area contributed by atoms with E-state index in [2.05, 4.69) is 5.32 Å². The number of esters is 1. The number of hydrogen-bond donors (Lipinski definition) is 1. The molecule has 29 heavy (non-hydrogen) atoms. The highest BCUT2D eigenvalue weighted by molar-refractivity contribution is 6.44. The van der Waals surface area contributed by atoms with E-state index in [1.54, 1.807) is 29.0 Å². The van der Waals surface area contributed by atoms with Crippen LogP contribution in [0.1, 0.15) is 5.56 Å². The Hall–Kier alpha value is -3.27. The van der Waals surface area contributed by atoms with Gasteiger partial charge in [-0.25, -0.2) is 0 Å². The number of anilines is 1. The van der Waals surface area contributed by atoms with Gasteiger partial charge in [0, 0.05) is 22.7 Å². The summed E-state index contributed by atoms with van der Waals surface area (Å²) in [5, 5.41) is 13.4. The van der Waals surface area contributed by atoms with E-state index in [-0.39, 0.29) is 22.2 Å². The highest BCUT2D eigenvalue weighted by atomic mass is 35.5. The fourth-order valence-electron chi connectivity index (χ4n) is 2.82. The van der Waals surface area contributed by atoms with Crippen molar-refractivity contribution in [1.82, 2.24) is 4.57 Å². The van der Waals surface area contributed by atoms with Crippen LogP contribution in [-0.4, -0.2) is 23.6 Å². The SMILES string of the molecule is COC(=O)Cn1cc(/C=C(/C#N)C(=O)Nc2cccc(Cl)c2Cl)c2ccccc21. The van der Waals surface area contributed by atoms with Gasteiger partial charge in [0.2, 0.25) is 0 Å². The molecule has 1 heterocycles. The third-order valence-electron chi connectivity index (χ3n) is 4.21. The van der Waals surface area contributed by atoms with Crippen molar-refractivity contribution in [2.75, 3.05) is 12.4 Å². The van der Waals surface area contributed by atoms with Crippen LogP contribution in [0.25, 0.3) is 17.0 Å². The quantitative estimate of drug-likeness (QED) is 0.364. The van der Waals surface area contributed by atoms with Crippen molar-refractivity contribution in [2.45, 2.75) is 6.54 Å². The van der Waals surface area contributed by atoms with Gasteiger partial charge in [0.1, 0.15) is 18.2 Å².